The average Bonchev–Trinajstić information content (AvgIpc) is 2.50. The first-order chi connectivity index (χ1) is 9.76. The topological polar surface area (TPSA) is 50.4 Å². The summed E-state index contributed by atoms with van der Waals surface area (Å²) >= 11 is 3.27. The number of hydrogen-bond acceptors (Lipinski definition) is 2. The number of amides is 2. The van der Waals surface area contributed by atoms with Gasteiger partial charge in [0, 0.05) is 23.8 Å². The number of ether oxygens (including phenoxy) is 1. The molecule has 0 atom stereocenters. The van der Waals surface area contributed by atoms with Gasteiger partial charge in [-0.05, 0) is 17.0 Å². The molecule has 0 saturated heterocycles. The Balaban J connectivity index is 2.17. The monoisotopic (exact) mass is 336 g/mol. The van der Waals surface area contributed by atoms with Gasteiger partial charge in [0.2, 0.25) is 0 Å². The van der Waals surface area contributed by atoms with Crippen LogP contribution in [0.1, 0.15) is 5.56 Å². The second-order valence-corrected chi connectivity index (χ2v) is 5.06. The average molecular weight is 337 g/mol. The highest BCUT2D eigenvalue weighted by Crippen LogP contribution is 2.28. The number of fused-ring (bicyclic) bond motifs is 1. The van der Waals surface area contributed by atoms with E-state index in [1.807, 2.05) is 36.4 Å². The lowest BCUT2D eigenvalue weighted by molar-refractivity contribution is 0.241. The van der Waals surface area contributed by atoms with Crippen molar-refractivity contribution in [3.63, 3.8) is 0 Å². The fourth-order valence-electron chi connectivity index (χ4n) is 2.06. The standard InChI is InChI=1S/C15H17BrN2O2/c1-20-14-7-6-11(10-18-15(19)17-9-8-16)12-4-2-3-5-13(12)14/h2-7H,8-10H2,1H3,(H2,17,18,19). The van der Waals surface area contributed by atoms with Gasteiger partial charge in [-0.3, -0.25) is 0 Å². The summed E-state index contributed by atoms with van der Waals surface area (Å²) in [4.78, 5) is 11.6. The second-order valence-electron chi connectivity index (χ2n) is 4.27. The van der Waals surface area contributed by atoms with E-state index in [0.717, 1.165) is 27.4 Å². The minimum Gasteiger partial charge on any atom is -0.496 e. The van der Waals surface area contributed by atoms with Crippen molar-refractivity contribution in [2.24, 2.45) is 0 Å². The molecule has 5 heteroatoms. The van der Waals surface area contributed by atoms with E-state index in [-0.39, 0.29) is 6.03 Å². The van der Waals surface area contributed by atoms with Crippen molar-refractivity contribution in [1.29, 1.82) is 0 Å². The Morgan fingerprint density at radius 1 is 1.15 bits per heavy atom. The van der Waals surface area contributed by atoms with Gasteiger partial charge < -0.3 is 15.4 Å². The molecule has 0 saturated carbocycles. The maximum absolute atomic E-state index is 11.6. The Hall–Kier alpha value is -1.75. The van der Waals surface area contributed by atoms with E-state index in [1.165, 1.54) is 0 Å². The van der Waals surface area contributed by atoms with Crippen LogP contribution in [-0.4, -0.2) is 25.0 Å². The van der Waals surface area contributed by atoms with Gasteiger partial charge in [-0.2, -0.15) is 0 Å². The Kier molecular flexibility index (Phi) is 5.24. The molecule has 4 nitrogen and oxygen atoms in total. The summed E-state index contributed by atoms with van der Waals surface area (Å²) in [5, 5.41) is 8.49. The molecule has 0 aliphatic carbocycles. The molecule has 0 unspecified atom stereocenters. The van der Waals surface area contributed by atoms with Crippen molar-refractivity contribution in [3.8, 4) is 5.75 Å². The van der Waals surface area contributed by atoms with Crippen LogP contribution in [0.5, 0.6) is 5.75 Å². The number of benzene rings is 2. The van der Waals surface area contributed by atoms with E-state index < -0.39 is 0 Å². The molecule has 0 heterocycles. The summed E-state index contributed by atoms with van der Waals surface area (Å²) in [6.45, 7) is 1.09. The lowest BCUT2D eigenvalue weighted by Gasteiger charge is -2.11. The molecule has 0 bridgehead atoms. The Labute approximate surface area is 126 Å². The van der Waals surface area contributed by atoms with E-state index >= 15 is 0 Å². The van der Waals surface area contributed by atoms with Gasteiger partial charge in [0.15, 0.2) is 0 Å². The molecule has 0 aliphatic rings. The normalized spacial score (nSPS) is 10.3. The van der Waals surface area contributed by atoms with Crippen molar-refractivity contribution in [2.75, 3.05) is 19.0 Å². The van der Waals surface area contributed by atoms with Crippen LogP contribution in [0.4, 0.5) is 4.79 Å². The van der Waals surface area contributed by atoms with Gasteiger partial charge in [-0.25, -0.2) is 4.79 Å². The van der Waals surface area contributed by atoms with Crippen molar-refractivity contribution in [3.05, 3.63) is 42.0 Å². The molecule has 2 amide bonds. The van der Waals surface area contributed by atoms with E-state index in [1.54, 1.807) is 7.11 Å². The summed E-state index contributed by atoms with van der Waals surface area (Å²) in [7, 11) is 1.66. The largest absolute Gasteiger partial charge is 0.496 e. The zero-order valence-corrected chi connectivity index (χ0v) is 12.9. The van der Waals surface area contributed by atoms with Gasteiger partial charge in [0.25, 0.3) is 0 Å². The Bertz CT molecular complexity index is 601. The second kappa shape index (κ2) is 7.14. The minimum atomic E-state index is -0.163. The first-order valence-electron chi connectivity index (χ1n) is 6.38. The summed E-state index contributed by atoms with van der Waals surface area (Å²) in [6, 6.07) is 11.8. The number of rotatable bonds is 5. The number of carbonyl (C=O) groups excluding carboxylic acids is 1. The number of hydrogen-bond donors (Lipinski definition) is 2. The number of carbonyl (C=O) groups is 1. The fraction of sp³-hybridized carbons (Fsp3) is 0.267. The molecule has 2 aromatic rings. The SMILES string of the molecule is COc1ccc(CNC(=O)NCCBr)c2ccccc12. The van der Waals surface area contributed by atoms with Crippen LogP contribution in [0, 0.1) is 0 Å². The number of nitrogens with one attached hydrogen (secondary N) is 2. The maximum atomic E-state index is 11.6. The summed E-state index contributed by atoms with van der Waals surface area (Å²) in [6.07, 6.45) is 0. The molecular formula is C15H17BrN2O2. The zero-order valence-electron chi connectivity index (χ0n) is 11.3. The van der Waals surface area contributed by atoms with E-state index in [0.29, 0.717) is 13.1 Å². The number of halogens is 1. The molecule has 106 valence electrons. The van der Waals surface area contributed by atoms with Crippen molar-refractivity contribution in [1.82, 2.24) is 10.6 Å². The highest BCUT2D eigenvalue weighted by Gasteiger charge is 2.07. The van der Waals surface area contributed by atoms with Crippen LogP contribution in [0.25, 0.3) is 10.8 Å². The molecule has 0 fully saturated rings. The highest BCUT2D eigenvalue weighted by molar-refractivity contribution is 9.09. The molecule has 0 aromatic heterocycles. The summed E-state index contributed by atoms with van der Waals surface area (Å²) in [5.41, 5.74) is 1.07. The van der Waals surface area contributed by atoms with Crippen LogP contribution in [0.3, 0.4) is 0 Å². The van der Waals surface area contributed by atoms with Crippen LogP contribution in [0.15, 0.2) is 36.4 Å². The van der Waals surface area contributed by atoms with Crippen LogP contribution in [0.2, 0.25) is 0 Å². The molecule has 0 aliphatic heterocycles. The lowest BCUT2D eigenvalue weighted by atomic mass is 10.0. The van der Waals surface area contributed by atoms with Gasteiger partial charge in [0.05, 0.1) is 7.11 Å². The van der Waals surface area contributed by atoms with Crippen LogP contribution < -0.4 is 15.4 Å². The predicted molar refractivity (Wildman–Crippen MR) is 84.5 cm³/mol. The van der Waals surface area contributed by atoms with Crippen LogP contribution >= 0.6 is 15.9 Å². The lowest BCUT2D eigenvalue weighted by Crippen LogP contribution is -2.36. The van der Waals surface area contributed by atoms with Gasteiger partial charge in [-0.1, -0.05) is 46.3 Å². The number of urea groups is 1. The molecular weight excluding hydrogens is 320 g/mol. The first-order valence-corrected chi connectivity index (χ1v) is 7.50. The van der Waals surface area contributed by atoms with E-state index in [4.69, 9.17) is 4.74 Å². The molecule has 2 N–H and O–H groups in total. The minimum absolute atomic E-state index is 0.163. The third-order valence-corrected chi connectivity index (χ3v) is 3.41. The van der Waals surface area contributed by atoms with Crippen molar-refractivity contribution < 1.29 is 9.53 Å². The van der Waals surface area contributed by atoms with Crippen molar-refractivity contribution >= 4 is 32.7 Å². The van der Waals surface area contributed by atoms with Crippen LogP contribution in [-0.2, 0) is 6.54 Å². The Morgan fingerprint density at radius 2 is 1.90 bits per heavy atom. The predicted octanol–water partition coefficient (Wildman–Crippen LogP) is 3.04. The smallest absolute Gasteiger partial charge is 0.315 e. The summed E-state index contributed by atoms with van der Waals surface area (Å²) < 4.78 is 5.36. The molecule has 2 aromatic carbocycles. The fourth-order valence-corrected chi connectivity index (χ4v) is 2.26. The molecule has 0 radical (unpaired) electrons. The van der Waals surface area contributed by atoms with Crippen molar-refractivity contribution in [2.45, 2.75) is 6.54 Å². The zero-order chi connectivity index (χ0) is 14.4. The van der Waals surface area contributed by atoms with Gasteiger partial charge in [-0.15, -0.1) is 0 Å². The third-order valence-electron chi connectivity index (χ3n) is 3.01. The molecule has 2 rings (SSSR count). The first kappa shape index (κ1) is 14.7. The van der Waals surface area contributed by atoms with Gasteiger partial charge >= 0.3 is 6.03 Å². The van der Waals surface area contributed by atoms with E-state index in [2.05, 4.69) is 26.6 Å². The molecule has 0 spiro atoms. The Morgan fingerprint density at radius 3 is 2.60 bits per heavy atom. The summed E-state index contributed by atoms with van der Waals surface area (Å²) in [5.74, 6) is 0.841. The third kappa shape index (κ3) is 3.42. The molecule has 20 heavy (non-hydrogen) atoms. The number of alkyl halides is 1. The van der Waals surface area contributed by atoms with E-state index in [9.17, 15) is 4.79 Å². The quantitative estimate of drug-likeness (QED) is 0.824. The maximum Gasteiger partial charge on any atom is 0.315 e. The van der Waals surface area contributed by atoms with Gasteiger partial charge in [0.1, 0.15) is 5.75 Å². The highest BCUT2D eigenvalue weighted by atomic mass is 79.9. The number of methoxy groups -OCH3 is 1.